The van der Waals surface area contributed by atoms with E-state index in [0.29, 0.717) is 17.4 Å². The van der Waals surface area contributed by atoms with E-state index in [2.05, 4.69) is 21.2 Å². The van der Waals surface area contributed by atoms with E-state index < -0.39 is 0 Å². The second-order valence-corrected chi connectivity index (χ2v) is 4.78. The number of benzene rings is 1. The number of hydrogen-bond donors (Lipinski definition) is 0. The van der Waals surface area contributed by atoms with Crippen LogP contribution >= 0.6 is 0 Å². The lowest BCUT2D eigenvalue weighted by Crippen LogP contribution is -1.97. The summed E-state index contributed by atoms with van der Waals surface area (Å²) in [6.45, 7) is 4.30. The number of rotatable bonds is 4. The van der Waals surface area contributed by atoms with Crippen molar-refractivity contribution in [1.82, 2.24) is 15.1 Å². The van der Waals surface area contributed by atoms with Crippen LogP contribution in [0.5, 0.6) is 5.75 Å². The molecule has 0 saturated heterocycles. The molecule has 0 atom stereocenters. The van der Waals surface area contributed by atoms with E-state index in [0.717, 1.165) is 11.3 Å². The Kier molecular flexibility index (Phi) is 3.64. The third-order valence-corrected chi connectivity index (χ3v) is 3.04. The summed E-state index contributed by atoms with van der Waals surface area (Å²) in [7, 11) is 0. The summed E-state index contributed by atoms with van der Waals surface area (Å²) < 4.78 is 10.9. The average Bonchev–Trinajstić information content (AvgIpc) is 2.96. The Bertz CT molecular complexity index is 738. The minimum atomic E-state index is 0.240. The summed E-state index contributed by atoms with van der Waals surface area (Å²) in [4.78, 5) is 8.46. The Labute approximate surface area is 122 Å². The molecule has 2 aromatic heterocycles. The molecule has 5 heteroatoms. The maximum absolute atomic E-state index is 5.71. The van der Waals surface area contributed by atoms with E-state index in [4.69, 9.17) is 9.26 Å². The summed E-state index contributed by atoms with van der Waals surface area (Å²) in [6.07, 6.45) is 1.69. The lowest BCUT2D eigenvalue weighted by Gasteiger charge is -2.07. The van der Waals surface area contributed by atoms with E-state index in [9.17, 15) is 0 Å². The Morgan fingerprint density at radius 1 is 1.14 bits per heavy atom. The van der Waals surface area contributed by atoms with Gasteiger partial charge in [-0.25, -0.2) is 0 Å². The molecule has 0 N–H and O–H groups in total. The summed E-state index contributed by atoms with van der Waals surface area (Å²) in [5.74, 6) is 1.71. The quantitative estimate of drug-likeness (QED) is 0.734. The van der Waals surface area contributed by atoms with Crippen molar-refractivity contribution in [3.63, 3.8) is 0 Å². The van der Waals surface area contributed by atoms with Gasteiger partial charge in [-0.15, -0.1) is 0 Å². The first-order chi connectivity index (χ1) is 10.2. The van der Waals surface area contributed by atoms with Crippen LogP contribution in [0.1, 0.15) is 17.0 Å². The number of aryl methyl sites for hydroxylation is 2. The molecule has 21 heavy (non-hydrogen) atoms. The molecule has 1 aromatic carbocycles. The highest BCUT2D eigenvalue weighted by Gasteiger charge is 2.10. The molecule has 0 aliphatic rings. The zero-order chi connectivity index (χ0) is 14.7. The number of hydrogen-bond acceptors (Lipinski definition) is 5. The highest BCUT2D eigenvalue weighted by molar-refractivity contribution is 5.47. The molecule has 0 fully saturated rings. The van der Waals surface area contributed by atoms with Crippen LogP contribution in [0.25, 0.3) is 11.5 Å². The van der Waals surface area contributed by atoms with Gasteiger partial charge in [0.2, 0.25) is 5.82 Å². The van der Waals surface area contributed by atoms with Gasteiger partial charge in [0.1, 0.15) is 11.4 Å². The molecule has 0 bridgehead atoms. The Balaban J connectivity index is 1.70. The first kappa shape index (κ1) is 13.3. The van der Waals surface area contributed by atoms with E-state index in [1.165, 1.54) is 5.56 Å². The molecule has 0 unspecified atom stereocenters. The molecule has 5 nitrogen and oxygen atoms in total. The van der Waals surface area contributed by atoms with Gasteiger partial charge >= 0.3 is 0 Å². The number of ether oxygens (including phenoxy) is 1. The van der Waals surface area contributed by atoms with Crippen LogP contribution in [0, 0.1) is 13.8 Å². The maximum Gasteiger partial charge on any atom is 0.264 e. The highest BCUT2D eigenvalue weighted by atomic mass is 16.5. The molecule has 0 radical (unpaired) electrons. The summed E-state index contributed by atoms with van der Waals surface area (Å²) in [5.41, 5.74) is 2.97. The van der Waals surface area contributed by atoms with E-state index in [-0.39, 0.29) is 6.61 Å². The minimum absolute atomic E-state index is 0.240. The van der Waals surface area contributed by atoms with Crippen LogP contribution in [0.3, 0.4) is 0 Å². The second-order valence-electron chi connectivity index (χ2n) is 4.78. The number of nitrogens with zero attached hydrogens (tertiary/aromatic N) is 3. The van der Waals surface area contributed by atoms with Gasteiger partial charge in [-0.2, -0.15) is 4.98 Å². The Hall–Kier alpha value is -2.69. The van der Waals surface area contributed by atoms with Gasteiger partial charge in [-0.3, -0.25) is 4.98 Å². The average molecular weight is 281 g/mol. The van der Waals surface area contributed by atoms with Crippen LogP contribution in [-0.2, 0) is 6.61 Å². The fraction of sp³-hybridized carbons (Fsp3) is 0.188. The SMILES string of the molecule is Cc1ccc(OCc2nc(-c3ccccn3)no2)c(C)c1. The summed E-state index contributed by atoms with van der Waals surface area (Å²) in [5, 5.41) is 3.91. The normalized spacial score (nSPS) is 10.6. The van der Waals surface area contributed by atoms with Gasteiger partial charge in [0.25, 0.3) is 5.89 Å². The Morgan fingerprint density at radius 3 is 2.81 bits per heavy atom. The highest BCUT2D eigenvalue weighted by Crippen LogP contribution is 2.20. The van der Waals surface area contributed by atoms with Crippen molar-refractivity contribution in [1.29, 1.82) is 0 Å². The first-order valence-electron chi connectivity index (χ1n) is 6.66. The minimum Gasteiger partial charge on any atom is -0.483 e. The maximum atomic E-state index is 5.71. The van der Waals surface area contributed by atoms with Crippen LogP contribution in [-0.4, -0.2) is 15.1 Å². The molecule has 0 saturated carbocycles. The predicted octanol–water partition coefficient (Wildman–Crippen LogP) is 3.33. The summed E-state index contributed by atoms with van der Waals surface area (Å²) >= 11 is 0. The monoisotopic (exact) mass is 281 g/mol. The smallest absolute Gasteiger partial charge is 0.264 e. The fourth-order valence-corrected chi connectivity index (χ4v) is 2.01. The lowest BCUT2D eigenvalue weighted by atomic mass is 10.1. The van der Waals surface area contributed by atoms with E-state index in [1.54, 1.807) is 6.20 Å². The zero-order valence-electron chi connectivity index (χ0n) is 11.9. The van der Waals surface area contributed by atoms with Crippen molar-refractivity contribution < 1.29 is 9.26 Å². The van der Waals surface area contributed by atoms with Crippen LogP contribution in [0.15, 0.2) is 47.1 Å². The number of pyridine rings is 1. The predicted molar refractivity (Wildman–Crippen MR) is 77.8 cm³/mol. The van der Waals surface area contributed by atoms with Crippen molar-refractivity contribution in [3.8, 4) is 17.3 Å². The third-order valence-electron chi connectivity index (χ3n) is 3.04. The van der Waals surface area contributed by atoms with Crippen molar-refractivity contribution in [2.45, 2.75) is 20.5 Å². The molecule has 2 heterocycles. The van der Waals surface area contributed by atoms with Crippen LogP contribution in [0.4, 0.5) is 0 Å². The van der Waals surface area contributed by atoms with Crippen molar-refractivity contribution in [3.05, 3.63) is 59.6 Å². The first-order valence-corrected chi connectivity index (χ1v) is 6.66. The van der Waals surface area contributed by atoms with Crippen LogP contribution in [0.2, 0.25) is 0 Å². The van der Waals surface area contributed by atoms with Gasteiger partial charge in [0.15, 0.2) is 6.61 Å². The lowest BCUT2D eigenvalue weighted by molar-refractivity contribution is 0.241. The molecular formula is C16H15N3O2. The largest absolute Gasteiger partial charge is 0.483 e. The molecule has 0 aliphatic heterocycles. The molecule has 0 spiro atoms. The summed E-state index contributed by atoms with van der Waals surface area (Å²) in [6, 6.07) is 11.6. The van der Waals surface area contributed by atoms with Gasteiger partial charge < -0.3 is 9.26 Å². The third kappa shape index (κ3) is 3.08. The second kappa shape index (κ2) is 5.75. The Morgan fingerprint density at radius 2 is 2.05 bits per heavy atom. The van der Waals surface area contributed by atoms with Gasteiger partial charge in [-0.05, 0) is 37.6 Å². The topological polar surface area (TPSA) is 61.0 Å². The molecule has 0 aliphatic carbocycles. The number of aromatic nitrogens is 3. The van der Waals surface area contributed by atoms with Gasteiger partial charge in [0, 0.05) is 6.20 Å². The van der Waals surface area contributed by atoms with Crippen molar-refractivity contribution in [2.75, 3.05) is 0 Å². The molecular weight excluding hydrogens is 266 g/mol. The zero-order valence-corrected chi connectivity index (χ0v) is 11.9. The van der Waals surface area contributed by atoms with E-state index in [1.807, 2.05) is 44.2 Å². The molecule has 0 amide bonds. The van der Waals surface area contributed by atoms with Crippen molar-refractivity contribution >= 4 is 0 Å². The fourth-order valence-electron chi connectivity index (χ4n) is 2.01. The van der Waals surface area contributed by atoms with Crippen molar-refractivity contribution in [2.24, 2.45) is 0 Å². The molecule has 3 rings (SSSR count). The van der Waals surface area contributed by atoms with Gasteiger partial charge in [-0.1, -0.05) is 28.9 Å². The van der Waals surface area contributed by atoms with E-state index >= 15 is 0 Å². The van der Waals surface area contributed by atoms with Crippen LogP contribution < -0.4 is 4.74 Å². The molecule has 106 valence electrons. The standard InChI is InChI=1S/C16H15N3O2/c1-11-6-7-14(12(2)9-11)20-10-15-18-16(19-21-15)13-5-3-4-8-17-13/h3-9H,10H2,1-2H3. The molecule has 3 aromatic rings. The van der Waals surface area contributed by atoms with Gasteiger partial charge in [0.05, 0.1) is 0 Å².